The van der Waals surface area contributed by atoms with Crippen LogP contribution in [0.2, 0.25) is 0 Å². The first kappa shape index (κ1) is 30.4. The predicted octanol–water partition coefficient (Wildman–Crippen LogP) is 9.30. The van der Waals surface area contributed by atoms with Crippen molar-refractivity contribution in [2.24, 2.45) is 11.5 Å². The molecule has 0 fully saturated rings. The summed E-state index contributed by atoms with van der Waals surface area (Å²) in [6.45, 7) is 2.66. The third-order valence-electron chi connectivity index (χ3n) is 9.24. The highest BCUT2D eigenvalue weighted by Gasteiger charge is 2.28. The van der Waals surface area contributed by atoms with Crippen molar-refractivity contribution < 1.29 is 0 Å². The van der Waals surface area contributed by atoms with E-state index in [0.717, 1.165) is 5.56 Å². The van der Waals surface area contributed by atoms with E-state index in [9.17, 15) is 0 Å². The van der Waals surface area contributed by atoms with Gasteiger partial charge in [-0.15, -0.1) is 0 Å². The van der Waals surface area contributed by atoms with Gasteiger partial charge >= 0.3 is 0 Å². The highest BCUT2D eigenvalue weighted by atomic mass is 15.2. The van der Waals surface area contributed by atoms with Crippen LogP contribution in [-0.2, 0) is 6.54 Å². The smallest absolute Gasteiger partial charge is 0.105 e. The number of nitrogens with one attached hydrogen (secondary N) is 2. The zero-order valence-corrected chi connectivity index (χ0v) is 26.6. The SMILES string of the molecule is Cc1ccccc1C(N)c1cccc2ccccc12.NCc1cccc(C2NC(c3cccc4ccccc34)Nc3ccccc32)c1. The number of para-hydroxylation sites is 1. The van der Waals surface area contributed by atoms with Crippen LogP contribution in [0.4, 0.5) is 5.69 Å². The lowest BCUT2D eigenvalue weighted by molar-refractivity contribution is 0.508. The molecular weight excluding hydrogens is 573 g/mol. The second-order valence-corrected chi connectivity index (χ2v) is 12.2. The largest absolute Gasteiger partial charge is 0.366 e. The fourth-order valence-corrected chi connectivity index (χ4v) is 6.80. The number of fused-ring (bicyclic) bond motifs is 3. The summed E-state index contributed by atoms with van der Waals surface area (Å²) < 4.78 is 0. The van der Waals surface area contributed by atoms with Crippen molar-refractivity contribution in [1.82, 2.24) is 5.32 Å². The van der Waals surface area contributed by atoms with Gasteiger partial charge in [0, 0.05) is 12.2 Å². The molecule has 7 aromatic carbocycles. The number of hydrogen-bond donors (Lipinski definition) is 4. The second kappa shape index (κ2) is 13.6. The maximum Gasteiger partial charge on any atom is 0.105 e. The van der Waals surface area contributed by atoms with Crippen LogP contribution >= 0.6 is 0 Å². The molecule has 1 aliphatic rings. The molecule has 6 N–H and O–H groups in total. The third-order valence-corrected chi connectivity index (χ3v) is 9.24. The number of rotatable bonds is 5. The van der Waals surface area contributed by atoms with Crippen molar-refractivity contribution in [1.29, 1.82) is 0 Å². The molecular formula is C43H40N4. The Bertz CT molecular complexity index is 2140. The summed E-state index contributed by atoms with van der Waals surface area (Å²) >= 11 is 0. The fraction of sp³-hybridized carbons (Fsp3) is 0.116. The zero-order chi connectivity index (χ0) is 32.2. The van der Waals surface area contributed by atoms with Crippen LogP contribution in [0.5, 0.6) is 0 Å². The summed E-state index contributed by atoms with van der Waals surface area (Å²) in [5.74, 6) is 0. The standard InChI is InChI=1S/C25H23N3.C18H17N/c26-16-17-7-5-10-19(15-17)24-22-12-3-4-14-23(22)27-25(28-24)21-13-6-9-18-8-1-2-11-20(18)21;1-13-7-2-4-10-15(13)18(19)17-12-6-9-14-8-3-5-11-16(14)17/h1-15,24-25,27-28H,16,26H2;2-12,18H,19H2,1H3. The molecule has 3 unspecified atom stereocenters. The van der Waals surface area contributed by atoms with Gasteiger partial charge < -0.3 is 16.8 Å². The molecule has 3 atom stereocenters. The molecule has 47 heavy (non-hydrogen) atoms. The van der Waals surface area contributed by atoms with Gasteiger partial charge in [-0.1, -0.05) is 152 Å². The lowest BCUT2D eigenvalue weighted by Gasteiger charge is -2.36. The molecule has 4 heteroatoms. The monoisotopic (exact) mass is 612 g/mol. The van der Waals surface area contributed by atoms with Crippen molar-refractivity contribution >= 4 is 27.2 Å². The molecule has 0 saturated heterocycles. The van der Waals surface area contributed by atoms with Crippen molar-refractivity contribution in [2.45, 2.75) is 31.7 Å². The lowest BCUT2D eigenvalue weighted by atomic mass is 9.91. The van der Waals surface area contributed by atoms with Crippen LogP contribution < -0.4 is 22.1 Å². The van der Waals surface area contributed by atoms with E-state index in [1.807, 2.05) is 6.07 Å². The number of nitrogens with two attached hydrogens (primary N) is 2. The van der Waals surface area contributed by atoms with E-state index in [4.69, 9.17) is 11.5 Å². The normalized spacial score (nSPS) is 16.1. The Morgan fingerprint density at radius 1 is 0.596 bits per heavy atom. The molecule has 0 bridgehead atoms. The van der Waals surface area contributed by atoms with Crippen LogP contribution in [0, 0.1) is 6.92 Å². The Morgan fingerprint density at radius 3 is 2.00 bits per heavy atom. The van der Waals surface area contributed by atoms with E-state index in [1.54, 1.807) is 0 Å². The first-order valence-electron chi connectivity index (χ1n) is 16.3. The Labute approximate surface area is 277 Å². The third kappa shape index (κ3) is 6.27. The van der Waals surface area contributed by atoms with E-state index in [2.05, 4.69) is 169 Å². The van der Waals surface area contributed by atoms with Crippen LogP contribution in [-0.4, -0.2) is 0 Å². The number of anilines is 1. The molecule has 7 aromatic rings. The zero-order valence-electron chi connectivity index (χ0n) is 26.6. The topological polar surface area (TPSA) is 76.1 Å². The molecule has 0 radical (unpaired) electrons. The molecule has 0 amide bonds. The number of aryl methyl sites for hydroxylation is 1. The van der Waals surface area contributed by atoms with Gasteiger partial charge in [-0.25, -0.2) is 0 Å². The van der Waals surface area contributed by atoms with Gasteiger partial charge in [0.25, 0.3) is 0 Å². The molecule has 1 aliphatic heterocycles. The summed E-state index contributed by atoms with van der Waals surface area (Å²) in [5, 5.41) is 12.5. The summed E-state index contributed by atoms with van der Waals surface area (Å²) in [6, 6.07) is 55.2. The summed E-state index contributed by atoms with van der Waals surface area (Å²) in [5.41, 5.74) is 22.1. The molecule has 0 aliphatic carbocycles. The van der Waals surface area contributed by atoms with Gasteiger partial charge in [0.1, 0.15) is 6.17 Å². The number of hydrogen-bond acceptors (Lipinski definition) is 4. The maximum absolute atomic E-state index is 6.48. The molecule has 8 rings (SSSR count). The minimum atomic E-state index is -0.0766. The molecule has 0 saturated carbocycles. The number of benzene rings is 7. The fourth-order valence-electron chi connectivity index (χ4n) is 6.80. The minimum absolute atomic E-state index is 0.0209. The van der Waals surface area contributed by atoms with E-state index >= 15 is 0 Å². The van der Waals surface area contributed by atoms with Crippen molar-refractivity contribution in [3.8, 4) is 0 Å². The molecule has 0 aromatic heterocycles. The minimum Gasteiger partial charge on any atom is -0.366 e. The quantitative estimate of drug-likeness (QED) is 0.156. The lowest BCUT2D eigenvalue weighted by Crippen LogP contribution is -2.37. The van der Waals surface area contributed by atoms with Gasteiger partial charge in [0.2, 0.25) is 0 Å². The van der Waals surface area contributed by atoms with Crippen LogP contribution in [0.3, 0.4) is 0 Å². The molecule has 0 spiro atoms. The van der Waals surface area contributed by atoms with Gasteiger partial charge in [0.15, 0.2) is 0 Å². The maximum atomic E-state index is 6.48. The Hall–Kier alpha value is -5.26. The second-order valence-electron chi connectivity index (χ2n) is 12.2. The van der Waals surface area contributed by atoms with E-state index in [1.165, 1.54) is 60.6 Å². The molecule has 232 valence electrons. The van der Waals surface area contributed by atoms with E-state index < -0.39 is 0 Å². The van der Waals surface area contributed by atoms with Crippen molar-refractivity contribution in [3.63, 3.8) is 0 Å². The van der Waals surface area contributed by atoms with Gasteiger partial charge in [0.05, 0.1) is 12.1 Å². The first-order valence-corrected chi connectivity index (χ1v) is 16.3. The highest BCUT2D eigenvalue weighted by Crippen LogP contribution is 2.38. The van der Waals surface area contributed by atoms with E-state index in [0.29, 0.717) is 6.54 Å². The molecule has 1 heterocycles. The van der Waals surface area contributed by atoms with Crippen molar-refractivity contribution in [3.05, 3.63) is 197 Å². The first-order chi connectivity index (χ1) is 23.1. The van der Waals surface area contributed by atoms with Crippen LogP contribution in [0.15, 0.2) is 158 Å². The van der Waals surface area contributed by atoms with E-state index in [-0.39, 0.29) is 18.2 Å². The summed E-state index contributed by atoms with van der Waals surface area (Å²) in [6.07, 6.45) is 0.0209. The average molecular weight is 613 g/mol. The van der Waals surface area contributed by atoms with Gasteiger partial charge in [-0.3, -0.25) is 5.32 Å². The Balaban J connectivity index is 0.000000161. The van der Waals surface area contributed by atoms with Gasteiger partial charge in [-0.05, 0) is 73.5 Å². The average Bonchev–Trinajstić information content (AvgIpc) is 3.14. The Morgan fingerprint density at radius 2 is 1.19 bits per heavy atom. The molecule has 4 nitrogen and oxygen atoms in total. The van der Waals surface area contributed by atoms with Gasteiger partial charge in [-0.2, -0.15) is 0 Å². The van der Waals surface area contributed by atoms with Crippen LogP contribution in [0.1, 0.15) is 57.2 Å². The van der Waals surface area contributed by atoms with Crippen LogP contribution in [0.25, 0.3) is 21.5 Å². The summed E-state index contributed by atoms with van der Waals surface area (Å²) in [7, 11) is 0. The van der Waals surface area contributed by atoms with Crippen molar-refractivity contribution in [2.75, 3.05) is 5.32 Å². The summed E-state index contributed by atoms with van der Waals surface area (Å²) in [4.78, 5) is 0. The highest BCUT2D eigenvalue weighted by molar-refractivity contribution is 5.87. The Kier molecular flexibility index (Phi) is 8.81. The predicted molar refractivity (Wildman–Crippen MR) is 197 cm³/mol.